The maximum atomic E-state index is 12.0. The SMILES string of the molecule is CC(C)(C)C#CC1=CC(c2c[nH]c(=O)[nH]c2=O)NN2C=CNC12. The number of aromatic nitrogens is 2. The minimum absolute atomic E-state index is 0.0945. The summed E-state index contributed by atoms with van der Waals surface area (Å²) in [6.07, 6.45) is 6.91. The van der Waals surface area contributed by atoms with E-state index in [0.29, 0.717) is 5.56 Å². The second-order valence-corrected chi connectivity index (χ2v) is 6.55. The Kier molecular flexibility index (Phi) is 3.62. The first-order valence-electron chi connectivity index (χ1n) is 7.37. The van der Waals surface area contributed by atoms with Gasteiger partial charge < -0.3 is 10.3 Å². The molecule has 7 heteroatoms. The number of nitrogens with one attached hydrogen (secondary N) is 4. The summed E-state index contributed by atoms with van der Waals surface area (Å²) >= 11 is 0. The van der Waals surface area contributed by atoms with E-state index >= 15 is 0 Å². The van der Waals surface area contributed by atoms with Crippen LogP contribution in [0.15, 0.2) is 39.8 Å². The lowest BCUT2D eigenvalue weighted by molar-refractivity contribution is 0.191. The van der Waals surface area contributed by atoms with Crippen molar-refractivity contribution in [2.75, 3.05) is 0 Å². The third-order valence-electron chi connectivity index (χ3n) is 3.46. The van der Waals surface area contributed by atoms with E-state index in [9.17, 15) is 9.59 Å². The fraction of sp³-hybridized carbons (Fsp3) is 0.375. The van der Waals surface area contributed by atoms with Gasteiger partial charge in [0.2, 0.25) is 0 Å². The van der Waals surface area contributed by atoms with Crippen molar-refractivity contribution in [1.29, 1.82) is 0 Å². The molecule has 1 aromatic rings. The molecule has 2 aliphatic rings. The average molecular weight is 313 g/mol. The standard InChI is InChI=1S/C16H19N5O2/c1-16(2,3)5-4-10-8-12(20-21-7-6-17-13(10)21)11-9-18-15(23)19-14(11)22/h6-9,12-13,17,20H,1-3H3,(H2,18,19,22,23). The van der Waals surface area contributed by atoms with E-state index in [0.717, 1.165) is 5.57 Å². The molecule has 0 bridgehead atoms. The molecule has 0 fully saturated rings. The number of hydrazine groups is 1. The summed E-state index contributed by atoms with van der Waals surface area (Å²) in [6, 6.07) is -0.374. The minimum Gasteiger partial charge on any atom is -0.365 e. The molecule has 2 atom stereocenters. The Labute approximate surface area is 133 Å². The second-order valence-electron chi connectivity index (χ2n) is 6.55. The average Bonchev–Trinajstić information content (AvgIpc) is 2.92. The van der Waals surface area contributed by atoms with Gasteiger partial charge in [-0.2, -0.15) is 0 Å². The number of nitrogens with zero attached hydrogens (tertiary/aromatic N) is 1. The summed E-state index contributed by atoms with van der Waals surface area (Å²) < 4.78 is 0. The lowest BCUT2D eigenvalue weighted by Crippen LogP contribution is -2.50. The van der Waals surface area contributed by atoms with Crippen LogP contribution in [-0.4, -0.2) is 21.1 Å². The molecule has 2 unspecified atom stereocenters. The van der Waals surface area contributed by atoms with Gasteiger partial charge in [0.05, 0.1) is 11.6 Å². The van der Waals surface area contributed by atoms with Crippen LogP contribution in [0.25, 0.3) is 0 Å². The van der Waals surface area contributed by atoms with Crippen LogP contribution in [0.2, 0.25) is 0 Å². The predicted molar refractivity (Wildman–Crippen MR) is 86.8 cm³/mol. The first-order valence-corrected chi connectivity index (χ1v) is 7.37. The number of hydrogen-bond acceptors (Lipinski definition) is 5. The molecule has 1 aromatic heterocycles. The van der Waals surface area contributed by atoms with Crippen LogP contribution in [-0.2, 0) is 0 Å². The van der Waals surface area contributed by atoms with Crippen molar-refractivity contribution in [3.05, 3.63) is 56.6 Å². The topological polar surface area (TPSA) is 93.0 Å². The Balaban J connectivity index is 2.02. The molecule has 0 spiro atoms. The van der Waals surface area contributed by atoms with Crippen molar-refractivity contribution in [2.24, 2.45) is 5.41 Å². The third kappa shape index (κ3) is 3.22. The second kappa shape index (κ2) is 5.48. The molecule has 0 aliphatic carbocycles. The van der Waals surface area contributed by atoms with Crippen LogP contribution in [0.1, 0.15) is 32.4 Å². The Bertz CT molecular complexity index is 844. The van der Waals surface area contributed by atoms with Gasteiger partial charge in [0.15, 0.2) is 0 Å². The lowest BCUT2D eigenvalue weighted by atomic mass is 9.96. The van der Waals surface area contributed by atoms with Crippen LogP contribution >= 0.6 is 0 Å². The third-order valence-corrected chi connectivity index (χ3v) is 3.46. The molecule has 4 N–H and O–H groups in total. The zero-order valence-electron chi connectivity index (χ0n) is 13.2. The van der Waals surface area contributed by atoms with Gasteiger partial charge >= 0.3 is 5.69 Å². The highest BCUT2D eigenvalue weighted by Gasteiger charge is 2.30. The molecule has 0 saturated carbocycles. The van der Waals surface area contributed by atoms with Gasteiger partial charge in [0.1, 0.15) is 6.17 Å². The summed E-state index contributed by atoms with van der Waals surface area (Å²) in [5, 5.41) is 5.07. The Morgan fingerprint density at radius 2 is 2.04 bits per heavy atom. The zero-order valence-corrected chi connectivity index (χ0v) is 13.2. The van der Waals surface area contributed by atoms with Crippen molar-refractivity contribution in [3.8, 4) is 11.8 Å². The number of aromatic amines is 2. The molecule has 120 valence electrons. The molecule has 23 heavy (non-hydrogen) atoms. The summed E-state index contributed by atoms with van der Waals surface area (Å²) in [7, 11) is 0. The van der Waals surface area contributed by atoms with Crippen molar-refractivity contribution < 1.29 is 0 Å². The highest BCUT2D eigenvalue weighted by atomic mass is 16.2. The minimum atomic E-state index is -0.521. The molecule has 0 aromatic carbocycles. The monoisotopic (exact) mass is 313 g/mol. The van der Waals surface area contributed by atoms with Crippen LogP contribution < -0.4 is 22.0 Å². The molecular formula is C16H19N5O2. The van der Waals surface area contributed by atoms with E-state index in [-0.39, 0.29) is 17.6 Å². The van der Waals surface area contributed by atoms with Gasteiger partial charge in [-0.1, -0.05) is 11.8 Å². The van der Waals surface area contributed by atoms with Crippen LogP contribution in [0.5, 0.6) is 0 Å². The van der Waals surface area contributed by atoms with Crippen LogP contribution in [0.3, 0.4) is 0 Å². The van der Waals surface area contributed by atoms with Crippen molar-refractivity contribution in [3.63, 3.8) is 0 Å². The van der Waals surface area contributed by atoms with Crippen LogP contribution in [0, 0.1) is 17.3 Å². The highest BCUT2D eigenvalue weighted by Crippen LogP contribution is 2.24. The smallest absolute Gasteiger partial charge is 0.325 e. The predicted octanol–water partition coefficient (Wildman–Crippen LogP) is 0.301. The van der Waals surface area contributed by atoms with E-state index in [4.69, 9.17) is 0 Å². The largest absolute Gasteiger partial charge is 0.365 e. The van der Waals surface area contributed by atoms with Gasteiger partial charge in [0.25, 0.3) is 5.56 Å². The molecule has 7 nitrogen and oxygen atoms in total. The van der Waals surface area contributed by atoms with Crippen LogP contribution in [0.4, 0.5) is 0 Å². The fourth-order valence-corrected chi connectivity index (χ4v) is 2.39. The van der Waals surface area contributed by atoms with Gasteiger partial charge in [-0.25, -0.2) is 10.2 Å². The Morgan fingerprint density at radius 3 is 2.74 bits per heavy atom. The van der Waals surface area contributed by atoms with Gasteiger partial charge in [-0.15, -0.1) is 0 Å². The van der Waals surface area contributed by atoms with Gasteiger partial charge in [-0.3, -0.25) is 14.8 Å². The molecule has 0 saturated heterocycles. The van der Waals surface area contributed by atoms with E-state index in [1.807, 2.05) is 44.3 Å². The first-order chi connectivity index (χ1) is 10.8. The van der Waals surface area contributed by atoms with E-state index < -0.39 is 11.2 Å². The maximum absolute atomic E-state index is 12.0. The van der Waals surface area contributed by atoms with Gasteiger partial charge in [0, 0.05) is 29.6 Å². The fourth-order valence-electron chi connectivity index (χ4n) is 2.39. The number of hydrogen-bond donors (Lipinski definition) is 4. The van der Waals surface area contributed by atoms with E-state index in [1.165, 1.54) is 6.20 Å². The zero-order chi connectivity index (χ0) is 16.6. The van der Waals surface area contributed by atoms with Crippen molar-refractivity contribution in [2.45, 2.75) is 33.0 Å². The number of fused-ring (bicyclic) bond motifs is 1. The first kappa shape index (κ1) is 15.2. The number of rotatable bonds is 1. The van der Waals surface area contributed by atoms with Crippen molar-refractivity contribution in [1.82, 2.24) is 25.7 Å². The summed E-state index contributed by atoms with van der Waals surface area (Å²) in [5.74, 6) is 6.42. The summed E-state index contributed by atoms with van der Waals surface area (Å²) in [4.78, 5) is 27.9. The molecule has 3 heterocycles. The van der Waals surface area contributed by atoms with Crippen molar-refractivity contribution >= 4 is 0 Å². The summed E-state index contributed by atoms with van der Waals surface area (Å²) in [6.45, 7) is 6.14. The number of H-pyrrole nitrogens is 2. The molecule has 2 aliphatic heterocycles. The quantitative estimate of drug-likeness (QED) is 0.560. The lowest BCUT2D eigenvalue weighted by Gasteiger charge is -2.34. The normalized spacial score (nSPS) is 22.7. The van der Waals surface area contributed by atoms with E-state index in [1.54, 1.807) is 0 Å². The molecule has 3 rings (SSSR count). The highest BCUT2D eigenvalue weighted by molar-refractivity contribution is 5.40. The Hall–Kier alpha value is -2.72. The molecule has 0 radical (unpaired) electrons. The summed E-state index contributed by atoms with van der Waals surface area (Å²) in [5.41, 5.74) is 3.46. The molecule has 0 amide bonds. The molecular weight excluding hydrogens is 294 g/mol. The Morgan fingerprint density at radius 1 is 1.26 bits per heavy atom. The van der Waals surface area contributed by atoms with E-state index in [2.05, 4.69) is 32.6 Å². The van der Waals surface area contributed by atoms with Gasteiger partial charge in [-0.05, 0) is 26.8 Å². The maximum Gasteiger partial charge on any atom is 0.325 e.